The van der Waals surface area contributed by atoms with Crippen molar-refractivity contribution < 1.29 is 38.6 Å². The zero-order chi connectivity index (χ0) is 11.6. The Kier molecular flexibility index (Phi) is 4.62. The third kappa shape index (κ3) is 2.56. The topological polar surface area (TPSA) is 126 Å². The Labute approximate surface area is 100 Å². The van der Waals surface area contributed by atoms with Gasteiger partial charge in [0, 0.05) is 12.1 Å². The molecule has 0 saturated heterocycles. The summed E-state index contributed by atoms with van der Waals surface area (Å²) in [5.41, 5.74) is -2.74. The quantitative estimate of drug-likeness (QED) is 0.300. The summed E-state index contributed by atoms with van der Waals surface area (Å²) in [7, 11) is 0. The van der Waals surface area contributed by atoms with Gasteiger partial charge < -0.3 is 9.90 Å². The molecule has 0 aliphatic heterocycles. The number of carbonyl (C=O) groups is 1. The van der Waals surface area contributed by atoms with Crippen LogP contribution < -0.4 is 24.0 Å². The van der Waals surface area contributed by atoms with Crippen molar-refractivity contribution in [2.75, 3.05) is 0 Å². The predicted molar refractivity (Wildman–Crippen MR) is 44.1 cm³/mol. The van der Waals surface area contributed by atoms with Crippen molar-refractivity contribution in [1.82, 2.24) is 0 Å². The fourth-order valence-corrected chi connectivity index (χ4v) is 1.04. The number of rotatable bonds is 3. The zero-order valence-corrected chi connectivity index (χ0v) is 8.08. The number of carboxylic acid groups (broad SMARTS) is 1. The summed E-state index contributed by atoms with van der Waals surface area (Å²) < 4.78 is 0. The van der Waals surface area contributed by atoms with E-state index in [-0.39, 0.29) is 18.9 Å². The first kappa shape index (κ1) is 14.1. The number of hydrogen-bond acceptors (Lipinski definition) is 6. The second-order valence-corrected chi connectivity index (χ2v) is 2.47. The number of benzene rings is 1. The Bertz CT molecular complexity index is 428. The summed E-state index contributed by atoms with van der Waals surface area (Å²) in [4.78, 5) is 29.3. The van der Waals surface area contributed by atoms with Crippen LogP contribution in [0, 0.1) is 20.2 Å². The molecule has 16 heavy (non-hydrogen) atoms. The van der Waals surface area contributed by atoms with Gasteiger partial charge in [0.05, 0.1) is 15.8 Å². The molecule has 0 radical (unpaired) electrons. The van der Waals surface area contributed by atoms with Crippen molar-refractivity contribution in [3.63, 3.8) is 0 Å². The normalized spacial score (nSPS) is 9.00. The minimum absolute atomic E-state index is 0. The summed E-state index contributed by atoms with van der Waals surface area (Å²) in [6.45, 7) is 0. The molecule has 0 saturated carbocycles. The molecule has 0 spiro atoms. The summed E-state index contributed by atoms with van der Waals surface area (Å²) in [6, 6.07) is 2.75. The Morgan fingerprint density at radius 2 is 1.44 bits per heavy atom. The third-order valence-corrected chi connectivity index (χ3v) is 1.62. The van der Waals surface area contributed by atoms with Gasteiger partial charge in [0.15, 0.2) is 5.56 Å². The van der Waals surface area contributed by atoms with Crippen LogP contribution in [-0.4, -0.2) is 15.8 Å². The molecule has 0 aliphatic carbocycles. The molecular formula is C7H3LiN2O6. The molecule has 0 aromatic heterocycles. The van der Waals surface area contributed by atoms with Gasteiger partial charge in [0.25, 0.3) is 11.4 Å². The van der Waals surface area contributed by atoms with Crippen molar-refractivity contribution in [2.24, 2.45) is 0 Å². The molecule has 0 N–H and O–H groups in total. The molecule has 0 unspecified atom stereocenters. The first-order chi connectivity index (χ1) is 6.95. The van der Waals surface area contributed by atoms with E-state index in [1.54, 1.807) is 0 Å². The smallest absolute Gasteiger partial charge is 0.544 e. The van der Waals surface area contributed by atoms with E-state index in [1.165, 1.54) is 0 Å². The van der Waals surface area contributed by atoms with Crippen LogP contribution in [0.2, 0.25) is 0 Å². The fraction of sp³-hybridized carbons (Fsp3) is 0. The molecule has 0 heterocycles. The van der Waals surface area contributed by atoms with Gasteiger partial charge in [0.1, 0.15) is 0 Å². The van der Waals surface area contributed by atoms with E-state index in [9.17, 15) is 30.1 Å². The average Bonchev–Trinajstić information content (AvgIpc) is 2.16. The Morgan fingerprint density at radius 1 is 1.06 bits per heavy atom. The zero-order valence-electron chi connectivity index (χ0n) is 8.08. The van der Waals surface area contributed by atoms with Gasteiger partial charge in [-0.05, 0) is 6.07 Å². The number of carboxylic acids is 1. The molecule has 0 atom stereocenters. The average molecular weight is 218 g/mol. The fourth-order valence-electron chi connectivity index (χ4n) is 1.04. The number of aromatic carboxylic acids is 1. The SMILES string of the molecule is O=C([O-])c1c([N+](=O)[O-])cccc1[N+](=O)[O-].[Li+]. The summed E-state index contributed by atoms with van der Waals surface area (Å²) in [5.74, 6) is -1.95. The molecule has 0 aliphatic rings. The number of nitrogens with zero attached hydrogens (tertiary/aromatic N) is 2. The van der Waals surface area contributed by atoms with Crippen LogP contribution in [0.25, 0.3) is 0 Å². The van der Waals surface area contributed by atoms with Crippen LogP contribution in [0.1, 0.15) is 10.4 Å². The Hall–Kier alpha value is -1.91. The molecule has 1 rings (SSSR count). The van der Waals surface area contributed by atoms with Crippen LogP contribution in [0.3, 0.4) is 0 Å². The van der Waals surface area contributed by atoms with Gasteiger partial charge >= 0.3 is 18.9 Å². The van der Waals surface area contributed by atoms with Crippen molar-refractivity contribution in [1.29, 1.82) is 0 Å². The van der Waals surface area contributed by atoms with E-state index >= 15 is 0 Å². The first-order valence-electron chi connectivity index (χ1n) is 3.58. The number of nitro benzene ring substituents is 2. The van der Waals surface area contributed by atoms with E-state index in [1.807, 2.05) is 0 Å². The molecule has 1 aromatic carbocycles. The largest absolute Gasteiger partial charge is 1.00 e. The third-order valence-electron chi connectivity index (χ3n) is 1.62. The van der Waals surface area contributed by atoms with Gasteiger partial charge in [-0.15, -0.1) is 0 Å². The molecule has 0 fully saturated rings. The minimum atomic E-state index is -1.95. The van der Waals surface area contributed by atoms with Gasteiger partial charge in [-0.25, -0.2) is 0 Å². The maximum Gasteiger partial charge on any atom is 1.00 e. The minimum Gasteiger partial charge on any atom is -0.544 e. The second kappa shape index (κ2) is 5.25. The van der Waals surface area contributed by atoms with E-state index in [0.717, 1.165) is 18.2 Å². The summed E-state index contributed by atoms with van der Waals surface area (Å²) >= 11 is 0. The maximum absolute atomic E-state index is 10.5. The van der Waals surface area contributed by atoms with Crippen molar-refractivity contribution in [3.8, 4) is 0 Å². The molecular weight excluding hydrogens is 215 g/mol. The van der Waals surface area contributed by atoms with E-state index < -0.39 is 32.8 Å². The monoisotopic (exact) mass is 218 g/mol. The van der Waals surface area contributed by atoms with Crippen molar-refractivity contribution >= 4 is 17.3 Å². The Balaban J connectivity index is 0.00000225. The van der Waals surface area contributed by atoms with Crippen molar-refractivity contribution in [2.45, 2.75) is 0 Å². The second-order valence-electron chi connectivity index (χ2n) is 2.47. The summed E-state index contributed by atoms with van der Waals surface area (Å²) in [5, 5.41) is 31.3. The van der Waals surface area contributed by atoms with E-state index in [4.69, 9.17) is 0 Å². The summed E-state index contributed by atoms with van der Waals surface area (Å²) in [6.07, 6.45) is 0. The molecule has 9 heteroatoms. The molecule has 0 bridgehead atoms. The maximum atomic E-state index is 10.5. The van der Waals surface area contributed by atoms with Crippen LogP contribution in [-0.2, 0) is 0 Å². The molecule has 78 valence electrons. The number of hydrogen-bond donors (Lipinski definition) is 0. The number of carbonyl (C=O) groups excluding carboxylic acids is 1. The van der Waals surface area contributed by atoms with Crippen LogP contribution in [0.4, 0.5) is 11.4 Å². The van der Waals surface area contributed by atoms with Crippen molar-refractivity contribution in [3.05, 3.63) is 44.0 Å². The van der Waals surface area contributed by atoms with E-state index in [2.05, 4.69) is 0 Å². The van der Waals surface area contributed by atoms with Crippen LogP contribution >= 0.6 is 0 Å². The predicted octanol–water partition coefficient (Wildman–Crippen LogP) is -3.13. The van der Waals surface area contributed by atoms with Crippen LogP contribution in [0.15, 0.2) is 18.2 Å². The molecule has 0 amide bonds. The Morgan fingerprint density at radius 3 is 1.69 bits per heavy atom. The standard InChI is InChI=1S/C7H4N2O6.Li/c10-7(11)6-4(8(12)13)2-1-3-5(6)9(14)15;/h1-3H,(H,10,11);/q;+1/p-1. The first-order valence-corrected chi connectivity index (χ1v) is 3.58. The van der Waals surface area contributed by atoms with Gasteiger partial charge in [-0.3, -0.25) is 20.2 Å². The van der Waals surface area contributed by atoms with Crippen LogP contribution in [0.5, 0.6) is 0 Å². The molecule has 1 aromatic rings. The number of nitro groups is 2. The van der Waals surface area contributed by atoms with Gasteiger partial charge in [-0.2, -0.15) is 0 Å². The molecule has 8 nitrogen and oxygen atoms in total. The van der Waals surface area contributed by atoms with E-state index in [0.29, 0.717) is 0 Å². The van der Waals surface area contributed by atoms with Gasteiger partial charge in [0.2, 0.25) is 0 Å². The van der Waals surface area contributed by atoms with Gasteiger partial charge in [-0.1, -0.05) is 0 Å².